The van der Waals surface area contributed by atoms with E-state index in [2.05, 4.69) is 57.8 Å². The van der Waals surface area contributed by atoms with Crippen LogP contribution >= 0.6 is 47.8 Å². The number of rotatable bonds is 3. The maximum absolute atomic E-state index is 5.69. The third-order valence-corrected chi connectivity index (χ3v) is 3.69. The van der Waals surface area contributed by atoms with Crippen LogP contribution in [-0.2, 0) is 6.61 Å². The standard InChI is InChI=1S/C11H8Br3N3O/c12-6-1-8(13)11(9(14)2-6)18-5-7-3-17-10(15)4-16-7/h1-4H,5H2,(H2,15,17). The van der Waals surface area contributed by atoms with Crippen molar-refractivity contribution in [1.82, 2.24) is 9.97 Å². The molecule has 1 aromatic heterocycles. The Morgan fingerprint density at radius 3 is 2.28 bits per heavy atom. The van der Waals surface area contributed by atoms with Gasteiger partial charge in [-0.2, -0.15) is 0 Å². The van der Waals surface area contributed by atoms with Crippen LogP contribution in [0.2, 0.25) is 0 Å². The van der Waals surface area contributed by atoms with Crippen LogP contribution in [0.15, 0.2) is 37.9 Å². The average molecular weight is 438 g/mol. The van der Waals surface area contributed by atoms with E-state index in [4.69, 9.17) is 10.5 Å². The quantitative estimate of drug-likeness (QED) is 0.790. The molecule has 0 bridgehead atoms. The van der Waals surface area contributed by atoms with Crippen LogP contribution in [0.25, 0.3) is 0 Å². The molecule has 94 valence electrons. The van der Waals surface area contributed by atoms with Crippen LogP contribution in [0.3, 0.4) is 0 Å². The summed E-state index contributed by atoms with van der Waals surface area (Å²) in [6, 6.07) is 3.82. The van der Waals surface area contributed by atoms with Gasteiger partial charge >= 0.3 is 0 Å². The molecule has 2 rings (SSSR count). The Morgan fingerprint density at radius 2 is 1.72 bits per heavy atom. The lowest BCUT2D eigenvalue weighted by Gasteiger charge is -2.10. The Balaban J connectivity index is 2.13. The molecule has 7 heteroatoms. The molecule has 0 atom stereocenters. The Labute approximate surface area is 129 Å². The zero-order valence-corrected chi connectivity index (χ0v) is 13.8. The normalized spacial score (nSPS) is 10.4. The number of nitrogens with two attached hydrogens (primary N) is 1. The molecule has 0 aliphatic heterocycles. The average Bonchev–Trinajstić information content (AvgIpc) is 2.30. The van der Waals surface area contributed by atoms with Crippen LogP contribution in [-0.4, -0.2) is 9.97 Å². The molecule has 4 nitrogen and oxygen atoms in total. The fourth-order valence-corrected chi connectivity index (χ4v) is 3.74. The predicted octanol–water partition coefficient (Wildman–Crippen LogP) is 3.93. The fourth-order valence-electron chi connectivity index (χ4n) is 1.25. The number of benzene rings is 1. The maximum Gasteiger partial charge on any atom is 0.148 e. The van der Waals surface area contributed by atoms with Crippen LogP contribution in [0, 0.1) is 0 Å². The van der Waals surface area contributed by atoms with Gasteiger partial charge in [-0.1, -0.05) is 15.9 Å². The van der Waals surface area contributed by atoms with E-state index in [-0.39, 0.29) is 0 Å². The molecule has 0 saturated heterocycles. The van der Waals surface area contributed by atoms with Gasteiger partial charge in [0.1, 0.15) is 18.2 Å². The van der Waals surface area contributed by atoms with Gasteiger partial charge in [-0.15, -0.1) is 0 Å². The third-order valence-electron chi connectivity index (χ3n) is 2.05. The number of aromatic nitrogens is 2. The molecule has 0 fully saturated rings. The first-order valence-corrected chi connectivity index (χ1v) is 7.28. The number of hydrogen-bond donors (Lipinski definition) is 1. The highest BCUT2D eigenvalue weighted by Crippen LogP contribution is 2.36. The van der Waals surface area contributed by atoms with Crippen molar-refractivity contribution in [2.75, 3.05) is 5.73 Å². The highest BCUT2D eigenvalue weighted by molar-refractivity contribution is 9.11. The highest BCUT2D eigenvalue weighted by Gasteiger charge is 2.08. The molecule has 0 aliphatic carbocycles. The van der Waals surface area contributed by atoms with Crippen LogP contribution in [0.1, 0.15) is 5.69 Å². The second-order valence-corrected chi connectivity index (χ2v) is 6.04. The number of nitrogen functional groups attached to an aromatic ring is 1. The SMILES string of the molecule is Nc1cnc(COc2c(Br)cc(Br)cc2Br)cn1. The summed E-state index contributed by atoms with van der Waals surface area (Å²) >= 11 is 10.3. The monoisotopic (exact) mass is 435 g/mol. The first-order valence-electron chi connectivity index (χ1n) is 4.90. The number of nitrogens with zero attached hydrogens (tertiary/aromatic N) is 2. The fraction of sp³-hybridized carbons (Fsp3) is 0.0909. The first-order chi connectivity index (χ1) is 8.56. The van der Waals surface area contributed by atoms with Gasteiger partial charge in [-0.25, -0.2) is 4.98 Å². The third kappa shape index (κ3) is 3.43. The minimum Gasteiger partial charge on any atom is -0.485 e. The Hall–Kier alpha value is -0.660. The summed E-state index contributed by atoms with van der Waals surface area (Å²) in [5.74, 6) is 1.11. The van der Waals surface area contributed by atoms with Gasteiger partial charge < -0.3 is 10.5 Å². The Kier molecular flexibility index (Phi) is 4.58. The predicted molar refractivity (Wildman–Crippen MR) is 80.3 cm³/mol. The van der Waals surface area contributed by atoms with Gasteiger partial charge in [-0.3, -0.25) is 4.98 Å². The summed E-state index contributed by atoms with van der Waals surface area (Å²) in [4.78, 5) is 8.07. The summed E-state index contributed by atoms with van der Waals surface area (Å²) in [6.07, 6.45) is 3.10. The Morgan fingerprint density at radius 1 is 1.06 bits per heavy atom. The topological polar surface area (TPSA) is 61.0 Å². The molecule has 0 aliphatic rings. The number of halogens is 3. The summed E-state index contributed by atoms with van der Waals surface area (Å²) in [6.45, 7) is 0.326. The number of hydrogen-bond acceptors (Lipinski definition) is 4. The van der Waals surface area contributed by atoms with Gasteiger partial charge in [-0.05, 0) is 44.0 Å². The van der Waals surface area contributed by atoms with Gasteiger partial charge in [0.25, 0.3) is 0 Å². The molecule has 1 aromatic carbocycles. The molecule has 0 spiro atoms. The molecule has 1 heterocycles. The van der Waals surface area contributed by atoms with Crippen LogP contribution in [0.4, 0.5) is 5.82 Å². The van der Waals surface area contributed by atoms with E-state index in [0.29, 0.717) is 18.1 Å². The minimum atomic E-state index is 0.326. The maximum atomic E-state index is 5.69. The first kappa shape index (κ1) is 13.8. The van der Waals surface area contributed by atoms with Crippen molar-refractivity contribution in [3.05, 3.63) is 43.6 Å². The summed E-state index contributed by atoms with van der Waals surface area (Å²) < 4.78 is 8.36. The molecule has 0 radical (unpaired) electrons. The van der Waals surface area contributed by atoms with E-state index in [0.717, 1.165) is 19.2 Å². The zero-order chi connectivity index (χ0) is 13.1. The minimum absolute atomic E-state index is 0.326. The summed E-state index contributed by atoms with van der Waals surface area (Å²) in [5.41, 5.74) is 6.18. The lowest BCUT2D eigenvalue weighted by molar-refractivity contribution is 0.297. The van der Waals surface area contributed by atoms with Crippen molar-refractivity contribution < 1.29 is 4.74 Å². The lowest BCUT2D eigenvalue weighted by Crippen LogP contribution is -2.01. The molecular formula is C11H8Br3N3O. The summed E-state index contributed by atoms with van der Waals surface area (Å²) in [5, 5.41) is 0. The van der Waals surface area contributed by atoms with Crippen molar-refractivity contribution in [3.63, 3.8) is 0 Å². The van der Waals surface area contributed by atoms with E-state index >= 15 is 0 Å². The van der Waals surface area contributed by atoms with Crippen molar-refractivity contribution in [1.29, 1.82) is 0 Å². The highest BCUT2D eigenvalue weighted by atomic mass is 79.9. The van der Waals surface area contributed by atoms with E-state index in [1.54, 1.807) is 6.20 Å². The van der Waals surface area contributed by atoms with Crippen molar-refractivity contribution >= 4 is 53.6 Å². The van der Waals surface area contributed by atoms with E-state index in [9.17, 15) is 0 Å². The molecule has 0 unspecified atom stereocenters. The van der Waals surface area contributed by atoms with E-state index in [1.165, 1.54) is 6.20 Å². The molecule has 18 heavy (non-hydrogen) atoms. The number of ether oxygens (including phenoxy) is 1. The smallest absolute Gasteiger partial charge is 0.148 e. The van der Waals surface area contributed by atoms with Crippen LogP contribution < -0.4 is 10.5 Å². The van der Waals surface area contributed by atoms with E-state index < -0.39 is 0 Å². The second-order valence-electron chi connectivity index (χ2n) is 3.42. The van der Waals surface area contributed by atoms with Crippen molar-refractivity contribution in [2.45, 2.75) is 6.61 Å². The van der Waals surface area contributed by atoms with Crippen molar-refractivity contribution in [2.24, 2.45) is 0 Å². The van der Waals surface area contributed by atoms with Crippen molar-refractivity contribution in [3.8, 4) is 5.75 Å². The molecule has 2 N–H and O–H groups in total. The molecule has 2 aromatic rings. The zero-order valence-electron chi connectivity index (χ0n) is 9.03. The van der Waals surface area contributed by atoms with E-state index in [1.807, 2.05) is 12.1 Å². The van der Waals surface area contributed by atoms with Gasteiger partial charge in [0.15, 0.2) is 0 Å². The number of anilines is 1. The molecule has 0 saturated carbocycles. The van der Waals surface area contributed by atoms with Gasteiger partial charge in [0, 0.05) is 4.47 Å². The Bertz CT molecular complexity index is 537. The second kappa shape index (κ2) is 5.99. The van der Waals surface area contributed by atoms with Gasteiger partial charge in [0.2, 0.25) is 0 Å². The molecule has 0 amide bonds. The summed E-state index contributed by atoms with van der Waals surface area (Å²) in [7, 11) is 0. The largest absolute Gasteiger partial charge is 0.485 e. The lowest BCUT2D eigenvalue weighted by atomic mass is 10.3. The molecular weight excluding hydrogens is 430 g/mol. The van der Waals surface area contributed by atoms with Crippen LogP contribution in [0.5, 0.6) is 5.75 Å². The van der Waals surface area contributed by atoms with Gasteiger partial charge in [0.05, 0.1) is 27.0 Å².